The maximum atomic E-state index is 14.6. The number of halogens is 3. The number of rotatable bonds is 7. The lowest BCUT2D eigenvalue weighted by Gasteiger charge is -2.20. The van der Waals surface area contributed by atoms with E-state index in [0.717, 1.165) is 4.90 Å². The minimum atomic E-state index is -1.66. The summed E-state index contributed by atoms with van der Waals surface area (Å²) < 4.78 is 48.6. The van der Waals surface area contributed by atoms with Gasteiger partial charge in [0.25, 0.3) is 0 Å². The van der Waals surface area contributed by atoms with Crippen LogP contribution in [0.5, 0.6) is 0 Å². The summed E-state index contributed by atoms with van der Waals surface area (Å²) in [4.78, 5) is 25.9. The van der Waals surface area contributed by atoms with Crippen LogP contribution in [-0.4, -0.2) is 22.9 Å². The van der Waals surface area contributed by atoms with Crippen LogP contribution in [0.4, 0.5) is 13.2 Å². The molecule has 1 heterocycles. The zero-order valence-electron chi connectivity index (χ0n) is 16.5. The second-order valence-corrected chi connectivity index (χ2v) is 7.85. The van der Waals surface area contributed by atoms with Gasteiger partial charge in [-0.2, -0.15) is 0 Å². The van der Waals surface area contributed by atoms with Crippen molar-refractivity contribution >= 4 is 28.6 Å². The van der Waals surface area contributed by atoms with Crippen LogP contribution in [0.2, 0.25) is 0 Å². The van der Waals surface area contributed by atoms with Gasteiger partial charge < -0.3 is 9.30 Å². The summed E-state index contributed by atoms with van der Waals surface area (Å²) in [7, 11) is 0. The van der Waals surface area contributed by atoms with E-state index in [1.165, 1.54) is 10.8 Å². The van der Waals surface area contributed by atoms with Crippen LogP contribution in [0, 0.1) is 17.5 Å². The lowest BCUT2D eigenvalue weighted by Crippen LogP contribution is -2.23. The van der Waals surface area contributed by atoms with Crippen LogP contribution in [0.15, 0.2) is 52.3 Å². The van der Waals surface area contributed by atoms with Crippen LogP contribution in [0.1, 0.15) is 36.7 Å². The highest BCUT2D eigenvalue weighted by Crippen LogP contribution is 2.27. The Balaban J connectivity index is 2.04. The van der Waals surface area contributed by atoms with Crippen LogP contribution in [0.3, 0.4) is 0 Å². The molecule has 2 aromatic carbocycles. The number of hydrogen-bond acceptors (Lipinski definition) is 4. The smallest absolute Gasteiger partial charge is 0.343 e. The van der Waals surface area contributed by atoms with E-state index in [1.807, 2.05) is 30.3 Å². The molecule has 30 heavy (non-hydrogen) atoms. The summed E-state index contributed by atoms with van der Waals surface area (Å²) in [6.07, 6.45) is 1.69. The standard InChI is InChI=1S/C22H20F3NO3S/c1-3-29-22(28)16-12-26(13(2)9-10-30-14-7-5-4-6-8-14)20-15(21(16)27)11-17(23)18(24)19(20)25/h4-8,11-13H,3,9-10H2,1-2H3. The number of carbonyl (C=O) groups is 1. The molecule has 1 atom stereocenters. The zero-order chi connectivity index (χ0) is 21.8. The molecule has 0 spiro atoms. The predicted octanol–water partition coefficient (Wildman–Crippen LogP) is 5.34. The van der Waals surface area contributed by atoms with Crippen molar-refractivity contribution in [2.75, 3.05) is 12.4 Å². The number of carbonyl (C=O) groups excluding carboxylic acids is 1. The van der Waals surface area contributed by atoms with Crippen LogP contribution < -0.4 is 5.43 Å². The van der Waals surface area contributed by atoms with E-state index >= 15 is 0 Å². The molecule has 8 heteroatoms. The number of thioether (sulfide) groups is 1. The van der Waals surface area contributed by atoms with Gasteiger partial charge in [-0.15, -0.1) is 11.8 Å². The fraction of sp³-hybridized carbons (Fsp3) is 0.273. The van der Waals surface area contributed by atoms with Crippen molar-refractivity contribution in [3.05, 3.63) is 75.8 Å². The topological polar surface area (TPSA) is 48.3 Å². The monoisotopic (exact) mass is 435 g/mol. The Morgan fingerprint density at radius 3 is 2.53 bits per heavy atom. The molecular weight excluding hydrogens is 415 g/mol. The largest absolute Gasteiger partial charge is 0.462 e. The SMILES string of the molecule is CCOC(=O)c1cn(C(C)CCSc2ccccc2)c2c(F)c(F)c(F)cc2c1=O. The molecule has 4 nitrogen and oxygen atoms in total. The van der Waals surface area contributed by atoms with Crippen molar-refractivity contribution in [3.8, 4) is 0 Å². The molecule has 0 radical (unpaired) electrons. The fourth-order valence-electron chi connectivity index (χ4n) is 3.12. The summed E-state index contributed by atoms with van der Waals surface area (Å²) in [5.74, 6) is -4.85. The number of nitrogens with zero attached hydrogens (tertiary/aromatic N) is 1. The molecule has 1 aromatic heterocycles. The van der Waals surface area contributed by atoms with Gasteiger partial charge in [0.2, 0.25) is 5.43 Å². The Morgan fingerprint density at radius 1 is 1.17 bits per heavy atom. The molecule has 0 amide bonds. The van der Waals surface area contributed by atoms with Crippen molar-refractivity contribution < 1.29 is 22.7 Å². The van der Waals surface area contributed by atoms with E-state index in [1.54, 1.807) is 25.6 Å². The highest BCUT2D eigenvalue weighted by molar-refractivity contribution is 7.99. The van der Waals surface area contributed by atoms with Gasteiger partial charge in [0, 0.05) is 17.1 Å². The van der Waals surface area contributed by atoms with Crippen molar-refractivity contribution in [3.63, 3.8) is 0 Å². The third-order valence-corrected chi connectivity index (χ3v) is 5.72. The molecule has 1 unspecified atom stereocenters. The van der Waals surface area contributed by atoms with Gasteiger partial charge in [0.15, 0.2) is 17.5 Å². The Kier molecular flexibility index (Phi) is 6.87. The molecule has 3 rings (SSSR count). The van der Waals surface area contributed by atoms with Crippen molar-refractivity contribution in [1.82, 2.24) is 4.57 Å². The first-order chi connectivity index (χ1) is 14.3. The maximum Gasteiger partial charge on any atom is 0.343 e. The first-order valence-corrected chi connectivity index (χ1v) is 10.4. The Morgan fingerprint density at radius 2 is 1.87 bits per heavy atom. The zero-order valence-corrected chi connectivity index (χ0v) is 17.3. The van der Waals surface area contributed by atoms with E-state index in [0.29, 0.717) is 18.2 Å². The number of pyridine rings is 1. The summed E-state index contributed by atoms with van der Waals surface area (Å²) in [6.45, 7) is 3.37. The lowest BCUT2D eigenvalue weighted by molar-refractivity contribution is 0.0524. The summed E-state index contributed by atoms with van der Waals surface area (Å²) in [5.41, 5.74) is -1.62. The fourth-order valence-corrected chi connectivity index (χ4v) is 4.17. The van der Waals surface area contributed by atoms with Gasteiger partial charge in [-0.05, 0) is 44.2 Å². The van der Waals surface area contributed by atoms with Gasteiger partial charge in [-0.1, -0.05) is 18.2 Å². The Hall–Kier alpha value is -2.74. The van der Waals surface area contributed by atoms with E-state index in [-0.39, 0.29) is 17.7 Å². The second-order valence-electron chi connectivity index (χ2n) is 6.68. The average Bonchev–Trinajstić information content (AvgIpc) is 2.73. The van der Waals surface area contributed by atoms with E-state index in [4.69, 9.17) is 4.74 Å². The number of hydrogen-bond donors (Lipinski definition) is 0. The molecule has 0 aliphatic rings. The van der Waals surface area contributed by atoms with E-state index < -0.39 is 40.3 Å². The molecule has 3 aromatic rings. The van der Waals surface area contributed by atoms with Gasteiger partial charge in [0.05, 0.1) is 17.5 Å². The Labute approximate surface area is 175 Å². The number of ether oxygens (including phenoxy) is 1. The quantitative estimate of drug-likeness (QED) is 0.286. The number of fused-ring (bicyclic) bond motifs is 1. The van der Waals surface area contributed by atoms with Crippen molar-refractivity contribution in [2.45, 2.75) is 31.2 Å². The minimum Gasteiger partial charge on any atom is -0.462 e. The molecule has 0 fully saturated rings. The second kappa shape index (κ2) is 9.38. The van der Waals surface area contributed by atoms with Crippen molar-refractivity contribution in [2.24, 2.45) is 0 Å². The van der Waals surface area contributed by atoms with Gasteiger partial charge in [0.1, 0.15) is 5.56 Å². The molecule has 0 aliphatic heterocycles. The van der Waals surface area contributed by atoms with Crippen LogP contribution in [0.25, 0.3) is 10.9 Å². The summed E-state index contributed by atoms with van der Waals surface area (Å²) in [5, 5.41) is -0.403. The van der Waals surface area contributed by atoms with E-state index in [9.17, 15) is 22.8 Å². The average molecular weight is 435 g/mol. The Bertz CT molecular complexity index is 1130. The summed E-state index contributed by atoms with van der Waals surface area (Å²) >= 11 is 1.59. The highest BCUT2D eigenvalue weighted by Gasteiger charge is 2.24. The first kappa shape index (κ1) is 22.0. The molecule has 158 valence electrons. The van der Waals surface area contributed by atoms with Gasteiger partial charge in [-0.3, -0.25) is 4.79 Å². The summed E-state index contributed by atoms with van der Waals surface area (Å²) in [6, 6.07) is 9.88. The third kappa shape index (κ3) is 4.38. The van der Waals surface area contributed by atoms with Crippen LogP contribution in [-0.2, 0) is 4.74 Å². The molecular formula is C22H20F3NO3S. The molecule has 0 aliphatic carbocycles. The number of benzene rings is 2. The molecule has 0 bridgehead atoms. The number of esters is 1. The molecule has 0 N–H and O–H groups in total. The maximum absolute atomic E-state index is 14.6. The minimum absolute atomic E-state index is 0.0335. The normalized spacial score (nSPS) is 12.2. The van der Waals surface area contributed by atoms with Crippen LogP contribution >= 0.6 is 11.8 Å². The van der Waals surface area contributed by atoms with E-state index in [2.05, 4.69) is 0 Å². The van der Waals surface area contributed by atoms with Gasteiger partial charge in [-0.25, -0.2) is 18.0 Å². The highest BCUT2D eigenvalue weighted by atomic mass is 32.2. The third-order valence-electron chi connectivity index (χ3n) is 4.67. The molecule has 0 saturated heterocycles. The van der Waals surface area contributed by atoms with Crippen molar-refractivity contribution in [1.29, 1.82) is 0 Å². The number of aromatic nitrogens is 1. The van der Waals surface area contributed by atoms with Gasteiger partial charge >= 0.3 is 5.97 Å². The lowest BCUT2D eigenvalue weighted by atomic mass is 10.1. The molecule has 0 saturated carbocycles. The predicted molar refractivity (Wildman–Crippen MR) is 111 cm³/mol. The first-order valence-electron chi connectivity index (χ1n) is 9.42.